The van der Waals surface area contributed by atoms with Gasteiger partial charge in [0.1, 0.15) is 0 Å². The minimum atomic E-state index is -0.992. The van der Waals surface area contributed by atoms with Crippen LogP contribution in [0.1, 0.15) is 27.7 Å². The van der Waals surface area contributed by atoms with E-state index in [-0.39, 0.29) is 0 Å². The third-order valence-electron chi connectivity index (χ3n) is 9.28. The van der Waals surface area contributed by atoms with Gasteiger partial charge in [-0.1, -0.05) is 127 Å². The molecule has 51 heavy (non-hydrogen) atoms. The van der Waals surface area contributed by atoms with Gasteiger partial charge >= 0.3 is 7.48 Å². The summed E-state index contributed by atoms with van der Waals surface area (Å²) < 4.78 is 5.92. The predicted molar refractivity (Wildman–Crippen MR) is 207 cm³/mol. The quantitative estimate of drug-likeness (QED) is 0.147. The first-order chi connectivity index (χ1) is 24.6. The van der Waals surface area contributed by atoms with Gasteiger partial charge in [-0.25, -0.2) is 15.0 Å². The average Bonchev–Trinajstić information content (AvgIpc) is 3.17. The summed E-state index contributed by atoms with van der Waals surface area (Å²) in [5, 5.41) is 10.4. The molecular formula is C44H38BN4O2. The summed E-state index contributed by atoms with van der Waals surface area (Å²) in [5.41, 5.74) is 7.96. The van der Waals surface area contributed by atoms with Crippen molar-refractivity contribution < 1.29 is 9.76 Å². The van der Waals surface area contributed by atoms with Crippen LogP contribution in [-0.4, -0.2) is 43.7 Å². The molecule has 0 unspecified atom stereocenters. The molecule has 1 radical (unpaired) electrons. The maximum Gasteiger partial charge on any atom is 0.330 e. The summed E-state index contributed by atoms with van der Waals surface area (Å²) in [5.74, 6) is 1.72. The number of aromatic nitrogens is 4. The third kappa shape index (κ3) is 7.70. The SMILES string of the molecule is CC(C)(O)C(C)(C)O[B]c1ccc(-c2ccc(-c3nc(-c4cccc(-c5ccccc5)c4)nc(-c4cccc(-c5ccccc5)c4)n3)cn2)cc1. The van der Waals surface area contributed by atoms with E-state index in [2.05, 4.69) is 48.5 Å². The molecule has 0 saturated heterocycles. The topological polar surface area (TPSA) is 81.0 Å². The zero-order valence-electron chi connectivity index (χ0n) is 29.2. The Hall–Kier alpha value is -5.76. The Morgan fingerprint density at radius 2 is 0.922 bits per heavy atom. The van der Waals surface area contributed by atoms with Crippen molar-refractivity contribution in [2.24, 2.45) is 0 Å². The summed E-state index contributed by atoms with van der Waals surface area (Å²) in [4.78, 5) is 19.8. The summed E-state index contributed by atoms with van der Waals surface area (Å²) in [6.07, 6.45) is 1.81. The van der Waals surface area contributed by atoms with E-state index in [1.807, 2.05) is 117 Å². The Labute approximate surface area is 300 Å². The number of nitrogens with zero attached hydrogens (tertiary/aromatic N) is 4. The second-order valence-electron chi connectivity index (χ2n) is 13.6. The lowest BCUT2D eigenvalue weighted by Gasteiger charge is -2.37. The van der Waals surface area contributed by atoms with Gasteiger partial charge in [0.2, 0.25) is 0 Å². The number of pyridine rings is 1. The van der Waals surface area contributed by atoms with Crippen LogP contribution in [0.5, 0.6) is 0 Å². The van der Waals surface area contributed by atoms with Crippen LogP contribution in [0.2, 0.25) is 0 Å². The Morgan fingerprint density at radius 1 is 0.471 bits per heavy atom. The molecule has 0 spiro atoms. The van der Waals surface area contributed by atoms with Crippen LogP contribution < -0.4 is 5.46 Å². The highest BCUT2D eigenvalue weighted by Gasteiger charge is 2.35. The second-order valence-corrected chi connectivity index (χ2v) is 13.6. The van der Waals surface area contributed by atoms with Gasteiger partial charge in [-0.3, -0.25) is 4.98 Å². The minimum Gasteiger partial charge on any atom is -0.427 e. The van der Waals surface area contributed by atoms with Crippen LogP contribution >= 0.6 is 0 Å². The number of rotatable bonds is 10. The molecule has 0 amide bonds. The first-order valence-corrected chi connectivity index (χ1v) is 17.0. The molecule has 0 saturated carbocycles. The number of hydrogen-bond donors (Lipinski definition) is 1. The highest BCUT2D eigenvalue weighted by Crippen LogP contribution is 2.30. The molecule has 1 N–H and O–H groups in total. The van der Waals surface area contributed by atoms with Gasteiger partial charge in [-0.2, -0.15) is 0 Å². The minimum absolute atomic E-state index is 0.542. The molecule has 0 bridgehead atoms. The van der Waals surface area contributed by atoms with E-state index in [1.54, 1.807) is 21.3 Å². The summed E-state index contributed by atoms with van der Waals surface area (Å²) in [6.45, 7) is 7.21. The first kappa shape index (κ1) is 33.7. The van der Waals surface area contributed by atoms with Crippen molar-refractivity contribution >= 4 is 12.9 Å². The van der Waals surface area contributed by atoms with Crippen molar-refractivity contribution in [1.82, 2.24) is 19.9 Å². The standard InChI is InChI=1S/C44H38BN4O2/c1-43(2,50)44(3,4)51-45-38-24-21-32(22-25-38)39-26-23-37(29-46-39)42-48-40(35-19-11-17-33(27-35)30-13-7-5-8-14-30)47-41(49-42)36-20-12-18-34(28-36)31-15-9-6-10-16-31/h5-29,50H,1-4H3. The predicted octanol–water partition coefficient (Wildman–Crippen LogP) is 9.08. The monoisotopic (exact) mass is 665 g/mol. The molecule has 7 rings (SSSR count). The fourth-order valence-corrected chi connectivity index (χ4v) is 5.49. The van der Waals surface area contributed by atoms with Gasteiger partial charge in [0.05, 0.1) is 16.9 Å². The Kier molecular flexibility index (Phi) is 9.41. The molecule has 0 atom stereocenters. The molecule has 2 heterocycles. The van der Waals surface area contributed by atoms with Gasteiger partial charge in [0.15, 0.2) is 17.5 Å². The van der Waals surface area contributed by atoms with Gasteiger partial charge in [-0.15, -0.1) is 0 Å². The van der Waals surface area contributed by atoms with Crippen molar-refractivity contribution in [3.63, 3.8) is 0 Å². The van der Waals surface area contributed by atoms with Crippen molar-refractivity contribution in [3.05, 3.63) is 152 Å². The average molecular weight is 666 g/mol. The van der Waals surface area contributed by atoms with E-state index < -0.39 is 11.2 Å². The van der Waals surface area contributed by atoms with Gasteiger partial charge < -0.3 is 9.76 Å². The van der Waals surface area contributed by atoms with Crippen LogP contribution in [0.3, 0.4) is 0 Å². The van der Waals surface area contributed by atoms with Crippen LogP contribution in [0.25, 0.3) is 67.7 Å². The zero-order chi connectivity index (χ0) is 35.4. The molecule has 0 aliphatic rings. The van der Waals surface area contributed by atoms with E-state index in [9.17, 15) is 5.11 Å². The number of benzene rings is 5. The largest absolute Gasteiger partial charge is 0.427 e. The highest BCUT2D eigenvalue weighted by atomic mass is 16.5. The van der Waals surface area contributed by atoms with Crippen LogP contribution in [0.15, 0.2) is 152 Å². The molecule has 2 aromatic heterocycles. The molecule has 6 nitrogen and oxygen atoms in total. The highest BCUT2D eigenvalue weighted by molar-refractivity contribution is 6.47. The molecule has 5 aromatic carbocycles. The van der Waals surface area contributed by atoms with Crippen molar-refractivity contribution in [2.45, 2.75) is 38.9 Å². The van der Waals surface area contributed by atoms with Crippen LogP contribution in [0, 0.1) is 0 Å². The van der Waals surface area contributed by atoms with Gasteiger partial charge in [-0.05, 0) is 74.2 Å². The van der Waals surface area contributed by atoms with Crippen LogP contribution in [-0.2, 0) is 4.65 Å². The molecule has 7 heteroatoms. The Balaban J connectivity index is 1.22. The van der Waals surface area contributed by atoms with Crippen molar-refractivity contribution in [3.8, 4) is 67.7 Å². The Morgan fingerprint density at radius 3 is 1.39 bits per heavy atom. The summed E-state index contributed by atoms with van der Waals surface area (Å²) in [7, 11) is 1.68. The van der Waals surface area contributed by atoms with E-state index in [1.165, 1.54) is 0 Å². The van der Waals surface area contributed by atoms with E-state index in [4.69, 9.17) is 24.6 Å². The normalized spacial score (nSPS) is 11.7. The van der Waals surface area contributed by atoms with E-state index >= 15 is 0 Å². The fraction of sp³-hybridized carbons (Fsp3) is 0.136. The molecule has 0 aliphatic heterocycles. The second kappa shape index (κ2) is 14.2. The van der Waals surface area contributed by atoms with E-state index in [0.717, 1.165) is 55.7 Å². The summed E-state index contributed by atoms with van der Waals surface area (Å²) >= 11 is 0. The molecular weight excluding hydrogens is 627 g/mol. The molecule has 0 fully saturated rings. The van der Waals surface area contributed by atoms with Crippen molar-refractivity contribution in [1.29, 1.82) is 0 Å². The molecule has 0 aliphatic carbocycles. The fourth-order valence-electron chi connectivity index (χ4n) is 5.49. The van der Waals surface area contributed by atoms with Gasteiger partial charge in [0, 0.05) is 28.5 Å². The van der Waals surface area contributed by atoms with Crippen LogP contribution in [0.4, 0.5) is 0 Å². The maximum absolute atomic E-state index is 10.4. The molecule has 7 aromatic rings. The van der Waals surface area contributed by atoms with Gasteiger partial charge in [0.25, 0.3) is 0 Å². The maximum atomic E-state index is 10.4. The lowest BCUT2D eigenvalue weighted by atomic mass is 9.82. The van der Waals surface area contributed by atoms with Crippen molar-refractivity contribution in [2.75, 3.05) is 0 Å². The lowest BCUT2D eigenvalue weighted by Crippen LogP contribution is -2.49. The zero-order valence-corrected chi connectivity index (χ0v) is 29.2. The Bertz CT molecular complexity index is 2150. The third-order valence-corrected chi connectivity index (χ3v) is 9.28. The summed E-state index contributed by atoms with van der Waals surface area (Å²) in [6, 6.07) is 49.1. The first-order valence-electron chi connectivity index (χ1n) is 17.0. The smallest absolute Gasteiger partial charge is 0.330 e. The lowest BCUT2D eigenvalue weighted by molar-refractivity contribution is -0.0893. The van der Waals surface area contributed by atoms with E-state index in [0.29, 0.717) is 17.5 Å². The number of aliphatic hydroxyl groups is 1. The molecule has 249 valence electrons. The number of hydrogen-bond acceptors (Lipinski definition) is 6.